The minimum atomic E-state index is -0.850. The van der Waals surface area contributed by atoms with Gasteiger partial charge in [-0.25, -0.2) is 0 Å². The topological polar surface area (TPSA) is 65.0 Å². The fraction of sp³-hybridized carbons (Fsp3) is 0.533. The van der Waals surface area contributed by atoms with E-state index in [4.69, 9.17) is 14.2 Å². The van der Waals surface area contributed by atoms with Gasteiger partial charge >= 0.3 is 5.97 Å². The number of aliphatic carboxylic acids is 1. The van der Waals surface area contributed by atoms with Gasteiger partial charge in [-0.05, 0) is 25.8 Å². The highest BCUT2D eigenvalue weighted by Gasteiger charge is 2.30. The van der Waals surface area contributed by atoms with E-state index in [9.17, 15) is 9.90 Å². The molecule has 0 aliphatic carbocycles. The van der Waals surface area contributed by atoms with Crippen molar-refractivity contribution in [2.24, 2.45) is 5.41 Å². The molecule has 1 N–H and O–H groups in total. The van der Waals surface area contributed by atoms with E-state index >= 15 is 0 Å². The lowest BCUT2D eigenvalue weighted by molar-refractivity contribution is -0.146. The number of carboxylic acids is 1. The molecule has 0 amide bonds. The number of hydrogen-bond acceptors (Lipinski definition) is 4. The maximum atomic E-state index is 11.3. The predicted molar refractivity (Wildman–Crippen MR) is 73.3 cm³/mol. The van der Waals surface area contributed by atoms with E-state index in [1.54, 1.807) is 21.0 Å². The number of carbonyl (C=O) groups is 1. The fourth-order valence-corrected chi connectivity index (χ4v) is 2.21. The minimum Gasteiger partial charge on any atom is -0.486 e. The summed E-state index contributed by atoms with van der Waals surface area (Å²) in [4.78, 5) is 11.3. The number of benzene rings is 1. The van der Waals surface area contributed by atoms with Gasteiger partial charge in [0.2, 0.25) is 0 Å². The Morgan fingerprint density at radius 1 is 1.25 bits per heavy atom. The molecule has 0 bridgehead atoms. The van der Waals surface area contributed by atoms with Crippen molar-refractivity contribution in [2.75, 3.05) is 20.3 Å². The molecule has 0 fully saturated rings. The van der Waals surface area contributed by atoms with Crippen molar-refractivity contribution in [3.8, 4) is 11.5 Å². The van der Waals surface area contributed by atoms with Crippen LogP contribution in [0, 0.1) is 5.41 Å². The Kier molecular flexibility index (Phi) is 4.18. The predicted octanol–water partition coefficient (Wildman–Crippen LogP) is 2.26. The molecule has 110 valence electrons. The van der Waals surface area contributed by atoms with Crippen LogP contribution in [0.1, 0.15) is 25.0 Å². The highest BCUT2D eigenvalue weighted by molar-refractivity contribution is 5.74. The smallest absolute Gasteiger partial charge is 0.309 e. The van der Waals surface area contributed by atoms with E-state index in [1.807, 2.05) is 12.1 Å². The Hall–Kier alpha value is -1.75. The quantitative estimate of drug-likeness (QED) is 0.896. The summed E-state index contributed by atoms with van der Waals surface area (Å²) >= 11 is 0. The lowest BCUT2D eigenvalue weighted by Crippen LogP contribution is -2.27. The molecule has 2 rings (SSSR count). The third-order valence-electron chi connectivity index (χ3n) is 3.36. The van der Waals surface area contributed by atoms with E-state index in [1.165, 1.54) is 0 Å². The Balaban J connectivity index is 2.37. The molecule has 1 aromatic carbocycles. The molecule has 0 radical (unpaired) electrons. The third kappa shape index (κ3) is 2.88. The summed E-state index contributed by atoms with van der Waals surface area (Å²) in [6, 6.07) is 3.80. The van der Waals surface area contributed by atoms with Gasteiger partial charge in [-0.2, -0.15) is 0 Å². The van der Waals surface area contributed by atoms with Gasteiger partial charge in [0.15, 0.2) is 11.5 Å². The normalized spacial score (nSPS) is 14.2. The van der Waals surface area contributed by atoms with Crippen LogP contribution in [-0.2, 0) is 22.6 Å². The lowest BCUT2D eigenvalue weighted by atomic mass is 9.85. The molecule has 5 heteroatoms. The second-order valence-electron chi connectivity index (χ2n) is 5.54. The zero-order valence-electron chi connectivity index (χ0n) is 12.1. The van der Waals surface area contributed by atoms with Crippen LogP contribution in [0.4, 0.5) is 0 Å². The van der Waals surface area contributed by atoms with Crippen molar-refractivity contribution in [1.29, 1.82) is 0 Å². The minimum absolute atomic E-state index is 0.390. The first kappa shape index (κ1) is 14.7. The highest BCUT2D eigenvalue weighted by atomic mass is 16.6. The van der Waals surface area contributed by atoms with Gasteiger partial charge in [-0.1, -0.05) is 12.1 Å². The van der Waals surface area contributed by atoms with Gasteiger partial charge in [0.25, 0.3) is 0 Å². The van der Waals surface area contributed by atoms with Gasteiger partial charge in [0.05, 0.1) is 12.0 Å². The molecule has 0 unspecified atom stereocenters. The molecule has 5 nitrogen and oxygen atoms in total. The molecular formula is C15H20O5. The van der Waals surface area contributed by atoms with E-state index in [-0.39, 0.29) is 0 Å². The van der Waals surface area contributed by atoms with E-state index < -0.39 is 11.4 Å². The monoisotopic (exact) mass is 280 g/mol. The molecule has 0 aromatic heterocycles. The van der Waals surface area contributed by atoms with Crippen LogP contribution in [0.15, 0.2) is 12.1 Å². The van der Waals surface area contributed by atoms with E-state index in [0.29, 0.717) is 37.7 Å². The molecule has 1 aliphatic rings. The second kappa shape index (κ2) is 5.71. The number of rotatable bonds is 5. The van der Waals surface area contributed by atoms with Gasteiger partial charge in [0, 0.05) is 12.7 Å². The van der Waals surface area contributed by atoms with Crippen molar-refractivity contribution >= 4 is 5.97 Å². The molecule has 1 heterocycles. The first-order valence-corrected chi connectivity index (χ1v) is 6.58. The average molecular weight is 280 g/mol. The van der Waals surface area contributed by atoms with Gasteiger partial charge in [-0.15, -0.1) is 0 Å². The molecule has 1 aliphatic heterocycles. The van der Waals surface area contributed by atoms with Crippen LogP contribution in [0.25, 0.3) is 0 Å². The Morgan fingerprint density at radius 3 is 2.35 bits per heavy atom. The van der Waals surface area contributed by atoms with Gasteiger partial charge in [-0.3, -0.25) is 4.79 Å². The summed E-state index contributed by atoms with van der Waals surface area (Å²) in [5.41, 5.74) is 0.920. The van der Waals surface area contributed by atoms with Crippen molar-refractivity contribution in [1.82, 2.24) is 0 Å². The summed E-state index contributed by atoms with van der Waals surface area (Å²) in [7, 11) is 1.62. The Bertz CT molecular complexity index is 507. The Labute approximate surface area is 118 Å². The molecule has 0 saturated carbocycles. The first-order chi connectivity index (χ1) is 9.45. The van der Waals surface area contributed by atoms with Crippen LogP contribution in [-0.4, -0.2) is 31.4 Å². The molecule has 20 heavy (non-hydrogen) atoms. The number of carboxylic acid groups (broad SMARTS) is 1. The van der Waals surface area contributed by atoms with Crippen LogP contribution < -0.4 is 9.47 Å². The molecule has 0 saturated heterocycles. The number of fused-ring (bicyclic) bond motifs is 1. The first-order valence-electron chi connectivity index (χ1n) is 6.58. The highest BCUT2D eigenvalue weighted by Crippen LogP contribution is 2.40. The second-order valence-corrected chi connectivity index (χ2v) is 5.54. The fourth-order valence-electron chi connectivity index (χ4n) is 2.21. The van der Waals surface area contributed by atoms with Gasteiger partial charge in [0.1, 0.15) is 13.2 Å². The van der Waals surface area contributed by atoms with Crippen molar-refractivity contribution in [3.05, 3.63) is 23.3 Å². The standard InChI is InChI=1S/C15H20O5/c1-15(2,14(16)17)8-10-4-5-11(9-18-3)13-12(10)19-6-7-20-13/h4-5H,6-9H2,1-3H3,(H,16,17). The summed E-state index contributed by atoms with van der Waals surface area (Å²) in [5, 5.41) is 9.25. The zero-order valence-corrected chi connectivity index (χ0v) is 12.1. The van der Waals surface area contributed by atoms with Crippen LogP contribution >= 0.6 is 0 Å². The SMILES string of the molecule is COCc1ccc(CC(C)(C)C(=O)O)c2c1OCCO2. The molecule has 0 spiro atoms. The zero-order chi connectivity index (χ0) is 14.8. The van der Waals surface area contributed by atoms with Crippen LogP contribution in [0.3, 0.4) is 0 Å². The largest absolute Gasteiger partial charge is 0.486 e. The van der Waals surface area contributed by atoms with Crippen molar-refractivity contribution in [3.63, 3.8) is 0 Å². The maximum Gasteiger partial charge on any atom is 0.309 e. The molecule has 1 aromatic rings. The third-order valence-corrected chi connectivity index (χ3v) is 3.36. The summed E-state index contributed by atoms with van der Waals surface area (Å²) < 4.78 is 16.5. The van der Waals surface area contributed by atoms with Gasteiger partial charge < -0.3 is 19.3 Å². The van der Waals surface area contributed by atoms with Crippen LogP contribution in [0.2, 0.25) is 0 Å². The lowest BCUT2D eigenvalue weighted by Gasteiger charge is -2.26. The van der Waals surface area contributed by atoms with E-state index in [0.717, 1.165) is 11.1 Å². The maximum absolute atomic E-state index is 11.3. The van der Waals surface area contributed by atoms with E-state index in [2.05, 4.69) is 0 Å². The molecular weight excluding hydrogens is 260 g/mol. The number of methoxy groups -OCH3 is 1. The number of ether oxygens (including phenoxy) is 3. The average Bonchev–Trinajstić information content (AvgIpc) is 2.41. The molecule has 0 atom stereocenters. The summed E-state index contributed by atoms with van der Waals surface area (Å²) in [5.74, 6) is 0.501. The summed E-state index contributed by atoms with van der Waals surface area (Å²) in [6.45, 7) is 4.82. The van der Waals surface area contributed by atoms with Crippen molar-refractivity contribution in [2.45, 2.75) is 26.9 Å². The van der Waals surface area contributed by atoms with Crippen molar-refractivity contribution < 1.29 is 24.1 Å². The Morgan fingerprint density at radius 2 is 1.80 bits per heavy atom. The summed E-state index contributed by atoms with van der Waals surface area (Å²) in [6.07, 6.45) is 0.390. The van der Waals surface area contributed by atoms with Crippen LogP contribution in [0.5, 0.6) is 11.5 Å². The number of hydrogen-bond donors (Lipinski definition) is 1.